The summed E-state index contributed by atoms with van der Waals surface area (Å²) in [5.41, 5.74) is 10.9. The van der Waals surface area contributed by atoms with Gasteiger partial charge in [0, 0.05) is 18.2 Å². The van der Waals surface area contributed by atoms with Crippen LogP contribution in [0, 0.1) is 10.1 Å². The molecule has 2 rings (SSSR count). The third-order valence-corrected chi connectivity index (χ3v) is 2.01. The molecule has 0 unspecified atom stereocenters. The van der Waals surface area contributed by atoms with Gasteiger partial charge in [-0.3, -0.25) is 10.1 Å². The Morgan fingerprint density at radius 3 is 2.39 bits per heavy atom. The highest BCUT2D eigenvalue weighted by Crippen LogP contribution is 2.23. The van der Waals surface area contributed by atoms with Crippen molar-refractivity contribution in [3.8, 4) is 11.6 Å². The number of ether oxygens (including phenoxy) is 1. The molecule has 0 aliphatic heterocycles. The van der Waals surface area contributed by atoms with Gasteiger partial charge < -0.3 is 16.2 Å². The minimum absolute atomic E-state index is 0.00749. The van der Waals surface area contributed by atoms with E-state index in [0.717, 1.165) is 0 Å². The van der Waals surface area contributed by atoms with Gasteiger partial charge >= 0.3 is 0 Å². The van der Waals surface area contributed by atoms with Gasteiger partial charge in [0.1, 0.15) is 11.6 Å². The number of benzene rings is 1. The maximum atomic E-state index is 10.5. The van der Waals surface area contributed by atoms with Gasteiger partial charge in [-0.25, -0.2) is 0 Å². The van der Waals surface area contributed by atoms with Crippen molar-refractivity contribution in [2.24, 2.45) is 0 Å². The van der Waals surface area contributed by atoms with Crippen LogP contribution in [-0.4, -0.2) is 14.9 Å². The summed E-state index contributed by atoms with van der Waals surface area (Å²) >= 11 is 0. The van der Waals surface area contributed by atoms with Gasteiger partial charge in [-0.15, -0.1) is 0 Å². The molecule has 1 aromatic heterocycles. The maximum Gasteiger partial charge on any atom is 0.269 e. The number of nitro groups is 1. The van der Waals surface area contributed by atoms with Crippen molar-refractivity contribution >= 4 is 17.5 Å². The monoisotopic (exact) mass is 247 g/mol. The fraction of sp³-hybridized carbons (Fsp3) is 0. The SMILES string of the molecule is Nc1cc(Oc2ccc([N+](=O)[O-])cc2)nc(N)n1. The van der Waals surface area contributed by atoms with Crippen molar-refractivity contribution in [2.45, 2.75) is 0 Å². The number of nitrogens with two attached hydrogens (primary N) is 2. The maximum absolute atomic E-state index is 10.5. The zero-order valence-electron chi connectivity index (χ0n) is 9.11. The van der Waals surface area contributed by atoms with Gasteiger partial charge in [0.25, 0.3) is 5.69 Å². The van der Waals surface area contributed by atoms with Crippen LogP contribution in [0.3, 0.4) is 0 Å². The minimum atomic E-state index is -0.496. The molecule has 0 aliphatic rings. The van der Waals surface area contributed by atoms with Gasteiger partial charge in [0.15, 0.2) is 0 Å². The van der Waals surface area contributed by atoms with E-state index in [1.807, 2.05) is 0 Å². The Bertz CT molecular complexity index is 564. The normalized spacial score (nSPS) is 10.0. The molecule has 0 atom stereocenters. The molecule has 0 fully saturated rings. The Morgan fingerprint density at radius 1 is 1.17 bits per heavy atom. The molecule has 0 bridgehead atoms. The molecule has 8 heteroatoms. The van der Waals surface area contributed by atoms with E-state index in [9.17, 15) is 10.1 Å². The first-order valence-electron chi connectivity index (χ1n) is 4.87. The highest BCUT2D eigenvalue weighted by molar-refractivity contribution is 5.42. The Balaban J connectivity index is 2.20. The lowest BCUT2D eigenvalue weighted by Crippen LogP contribution is -2.00. The highest BCUT2D eigenvalue weighted by Gasteiger charge is 2.06. The molecule has 4 N–H and O–H groups in total. The van der Waals surface area contributed by atoms with E-state index < -0.39 is 4.92 Å². The standard InChI is InChI=1S/C10H9N5O3/c11-8-5-9(14-10(12)13-8)18-7-3-1-6(2-4-7)15(16)17/h1-5H,(H4,11,12,13,14). The second-order valence-electron chi connectivity index (χ2n) is 3.34. The van der Waals surface area contributed by atoms with Crippen molar-refractivity contribution < 1.29 is 9.66 Å². The molecular weight excluding hydrogens is 238 g/mol. The summed E-state index contributed by atoms with van der Waals surface area (Å²) in [5, 5.41) is 10.5. The summed E-state index contributed by atoms with van der Waals surface area (Å²) in [6, 6.07) is 6.95. The predicted molar refractivity (Wildman–Crippen MR) is 64.0 cm³/mol. The third-order valence-electron chi connectivity index (χ3n) is 2.01. The summed E-state index contributed by atoms with van der Waals surface area (Å²) in [4.78, 5) is 17.5. The number of hydrogen-bond acceptors (Lipinski definition) is 7. The summed E-state index contributed by atoms with van der Waals surface area (Å²) in [6.45, 7) is 0. The van der Waals surface area contributed by atoms with E-state index in [0.29, 0.717) is 5.75 Å². The molecule has 0 saturated heterocycles. The minimum Gasteiger partial charge on any atom is -0.439 e. The number of anilines is 2. The van der Waals surface area contributed by atoms with Gasteiger partial charge in [-0.05, 0) is 12.1 Å². The largest absolute Gasteiger partial charge is 0.439 e. The van der Waals surface area contributed by atoms with E-state index in [4.69, 9.17) is 16.2 Å². The molecule has 0 saturated carbocycles. The Morgan fingerprint density at radius 2 is 1.83 bits per heavy atom. The van der Waals surface area contributed by atoms with Crippen molar-refractivity contribution in [1.82, 2.24) is 9.97 Å². The van der Waals surface area contributed by atoms with Crippen molar-refractivity contribution in [1.29, 1.82) is 0 Å². The second-order valence-corrected chi connectivity index (χ2v) is 3.34. The molecular formula is C10H9N5O3. The Kier molecular flexibility index (Phi) is 2.92. The zero-order valence-corrected chi connectivity index (χ0v) is 9.11. The van der Waals surface area contributed by atoms with Crippen LogP contribution >= 0.6 is 0 Å². The van der Waals surface area contributed by atoms with Gasteiger partial charge in [0.05, 0.1) is 4.92 Å². The number of non-ortho nitro benzene ring substituents is 1. The van der Waals surface area contributed by atoms with Crippen molar-refractivity contribution in [3.63, 3.8) is 0 Å². The van der Waals surface area contributed by atoms with Crippen LogP contribution in [0.15, 0.2) is 30.3 Å². The number of nitro benzene ring substituents is 1. The van der Waals surface area contributed by atoms with Crippen molar-refractivity contribution in [3.05, 3.63) is 40.4 Å². The zero-order chi connectivity index (χ0) is 13.1. The Labute approximate surface area is 101 Å². The van der Waals surface area contributed by atoms with Crippen LogP contribution < -0.4 is 16.2 Å². The summed E-state index contributed by atoms with van der Waals surface area (Å²) in [5.74, 6) is 0.735. The van der Waals surface area contributed by atoms with Crippen LogP contribution in [0.1, 0.15) is 0 Å². The lowest BCUT2D eigenvalue weighted by Gasteiger charge is -2.05. The molecule has 1 heterocycles. The average molecular weight is 247 g/mol. The number of nitrogens with zero attached hydrogens (tertiary/aromatic N) is 3. The first-order valence-corrected chi connectivity index (χ1v) is 4.87. The fourth-order valence-corrected chi connectivity index (χ4v) is 1.27. The van der Waals surface area contributed by atoms with Crippen LogP contribution in [0.25, 0.3) is 0 Å². The lowest BCUT2D eigenvalue weighted by molar-refractivity contribution is -0.384. The van der Waals surface area contributed by atoms with Crippen LogP contribution in [0.4, 0.5) is 17.5 Å². The summed E-state index contributed by atoms with van der Waals surface area (Å²) < 4.78 is 5.34. The van der Waals surface area contributed by atoms with Crippen molar-refractivity contribution in [2.75, 3.05) is 11.5 Å². The molecule has 2 aromatic rings. The molecule has 1 aromatic carbocycles. The second kappa shape index (κ2) is 4.53. The van der Waals surface area contributed by atoms with Crippen LogP contribution in [0.5, 0.6) is 11.6 Å². The Hall–Kier alpha value is -2.90. The van der Waals surface area contributed by atoms with E-state index >= 15 is 0 Å². The van der Waals surface area contributed by atoms with E-state index in [2.05, 4.69) is 9.97 Å². The predicted octanol–water partition coefficient (Wildman–Crippen LogP) is 1.34. The number of aromatic nitrogens is 2. The van der Waals surface area contributed by atoms with E-state index in [1.165, 1.54) is 30.3 Å². The molecule has 8 nitrogen and oxygen atoms in total. The topological polar surface area (TPSA) is 130 Å². The van der Waals surface area contributed by atoms with E-state index in [1.54, 1.807) is 0 Å². The molecule has 0 spiro atoms. The van der Waals surface area contributed by atoms with Gasteiger partial charge in [0.2, 0.25) is 11.8 Å². The van der Waals surface area contributed by atoms with Gasteiger partial charge in [-0.1, -0.05) is 0 Å². The van der Waals surface area contributed by atoms with E-state index in [-0.39, 0.29) is 23.3 Å². The van der Waals surface area contributed by atoms with Gasteiger partial charge in [-0.2, -0.15) is 9.97 Å². The van der Waals surface area contributed by atoms with Crippen LogP contribution in [0.2, 0.25) is 0 Å². The number of nitrogen functional groups attached to an aromatic ring is 2. The summed E-state index contributed by atoms with van der Waals surface area (Å²) in [7, 11) is 0. The fourth-order valence-electron chi connectivity index (χ4n) is 1.27. The molecule has 0 radical (unpaired) electrons. The lowest BCUT2D eigenvalue weighted by atomic mass is 10.3. The first kappa shape index (κ1) is 11.6. The quantitative estimate of drug-likeness (QED) is 0.618. The number of hydrogen-bond donors (Lipinski definition) is 2. The summed E-state index contributed by atoms with van der Waals surface area (Å²) in [6.07, 6.45) is 0. The highest BCUT2D eigenvalue weighted by atomic mass is 16.6. The van der Waals surface area contributed by atoms with Crippen LogP contribution in [-0.2, 0) is 0 Å². The molecule has 92 valence electrons. The number of rotatable bonds is 3. The molecule has 0 aliphatic carbocycles. The molecule has 18 heavy (non-hydrogen) atoms. The third kappa shape index (κ3) is 2.61. The smallest absolute Gasteiger partial charge is 0.269 e. The average Bonchev–Trinajstić information content (AvgIpc) is 2.28. The first-order chi connectivity index (χ1) is 8.54. The molecule has 0 amide bonds.